The quantitative estimate of drug-likeness (QED) is 0.420. The van der Waals surface area contributed by atoms with Crippen LogP contribution < -0.4 is 5.48 Å². The Bertz CT molecular complexity index is 393. The van der Waals surface area contributed by atoms with E-state index in [0.29, 0.717) is 6.07 Å². The molecule has 0 fully saturated rings. The molecule has 0 bridgehead atoms. The van der Waals surface area contributed by atoms with E-state index in [1.807, 2.05) is 0 Å². The predicted octanol–water partition coefficient (Wildman–Crippen LogP) is 0.853. The van der Waals surface area contributed by atoms with Gasteiger partial charge in [0.25, 0.3) is 11.6 Å². The maximum Gasteiger partial charge on any atom is 0.285 e. The summed E-state index contributed by atoms with van der Waals surface area (Å²) in [4.78, 5) is 20.3. The smallest absolute Gasteiger partial charge is 0.285 e. The van der Waals surface area contributed by atoms with E-state index in [0.717, 1.165) is 12.1 Å². The van der Waals surface area contributed by atoms with Crippen LogP contribution in [0.5, 0.6) is 0 Å². The average Bonchev–Trinajstić information content (AvgIpc) is 2.16. The summed E-state index contributed by atoms with van der Waals surface area (Å²) in [5.74, 6) is -1.89. The number of hydrogen-bond acceptors (Lipinski definition) is 4. The van der Waals surface area contributed by atoms with Crippen molar-refractivity contribution in [2.24, 2.45) is 0 Å². The van der Waals surface area contributed by atoms with Crippen LogP contribution in [0.1, 0.15) is 10.4 Å². The van der Waals surface area contributed by atoms with Gasteiger partial charge in [0.15, 0.2) is 0 Å². The zero-order valence-corrected chi connectivity index (χ0v) is 6.73. The molecule has 0 aliphatic carbocycles. The SMILES string of the molecule is O=C(NO)c1ccc(F)cc1[N+](=O)[O-]. The van der Waals surface area contributed by atoms with Gasteiger partial charge in [-0.05, 0) is 12.1 Å². The van der Waals surface area contributed by atoms with E-state index >= 15 is 0 Å². The van der Waals surface area contributed by atoms with Crippen molar-refractivity contribution < 1.29 is 19.3 Å². The van der Waals surface area contributed by atoms with Gasteiger partial charge in [0.05, 0.1) is 11.0 Å². The second kappa shape index (κ2) is 3.79. The molecule has 0 aliphatic rings. The lowest BCUT2D eigenvalue weighted by atomic mass is 10.1. The van der Waals surface area contributed by atoms with Gasteiger partial charge >= 0.3 is 0 Å². The third-order valence-corrected chi connectivity index (χ3v) is 1.50. The molecule has 6 nitrogen and oxygen atoms in total. The molecule has 0 spiro atoms. The first-order chi connectivity index (χ1) is 6.56. The van der Waals surface area contributed by atoms with Crippen molar-refractivity contribution in [1.82, 2.24) is 5.48 Å². The van der Waals surface area contributed by atoms with Crippen LogP contribution in [-0.4, -0.2) is 16.0 Å². The summed E-state index contributed by atoms with van der Waals surface area (Å²) in [6.45, 7) is 0. The van der Waals surface area contributed by atoms with Crippen LogP contribution in [0, 0.1) is 15.9 Å². The summed E-state index contributed by atoms with van der Waals surface area (Å²) in [5.41, 5.74) is 0.129. The van der Waals surface area contributed by atoms with E-state index in [1.165, 1.54) is 5.48 Å². The number of nitrogens with one attached hydrogen (secondary N) is 1. The summed E-state index contributed by atoms with van der Waals surface area (Å²) in [6.07, 6.45) is 0. The first kappa shape index (κ1) is 10.1. The molecule has 0 saturated carbocycles. The Labute approximate surface area is 77.1 Å². The molecule has 0 atom stereocenters. The van der Waals surface area contributed by atoms with Crippen LogP contribution in [0.3, 0.4) is 0 Å². The third kappa shape index (κ3) is 1.83. The lowest BCUT2D eigenvalue weighted by Gasteiger charge is -1.99. The molecule has 0 aromatic heterocycles. The maximum atomic E-state index is 12.6. The van der Waals surface area contributed by atoms with Gasteiger partial charge < -0.3 is 0 Å². The second-order valence-electron chi connectivity index (χ2n) is 2.36. The first-order valence-corrected chi connectivity index (χ1v) is 3.44. The number of amides is 1. The van der Waals surface area contributed by atoms with Gasteiger partial charge in [0.1, 0.15) is 11.4 Å². The fourth-order valence-corrected chi connectivity index (χ4v) is 0.908. The number of benzene rings is 1. The summed E-state index contributed by atoms with van der Waals surface area (Å²) >= 11 is 0. The van der Waals surface area contributed by atoms with Gasteiger partial charge in [-0.1, -0.05) is 0 Å². The van der Waals surface area contributed by atoms with Crippen molar-refractivity contribution >= 4 is 11.6 Å². The number of rotatable bonds is 2. The van der Waals surface area contributed by atoms with Crippen LogP contribution in [-0.2, 0) is 0 Å². The second-order valence-corrected chi connectivity index (χ2v) is 2.36. The minimum absolute atomic E-state index is 0.404. The molecule has 0 radical (unpaired) electrons. The van der Waals surface area contributed by atoms with Gasteiger partial charge in [-0.25, -0.2) is 9.87 Å². The molecule has 1 rings (SSSR count). The van der Waals surface area contributed by atoms with E-state index < -0.39 is 27.9 Å². The normalized spacial score (nSPS) is 9.57. The Morgan fingerprint density at radius 3 is 2.71 bits per heavy atom. The molecule has 14 heavy (non-hydrogen) atoms. The maximum absolute atomic E-state index is 12.6. The zero-order valence-electron chi connectivity index (χ0n) is 6.73. The Kier molecular flexibility index (Phi) is 2.73. The van der Waals surface area contributed by atoms with E-state index in [-0.39, 0.29) is 0 Å². The van der Waals surface area contributed by atoms with Crippen LogP contribution in [0.25, 0.3) is 0 Å². The van der Waals surface area contributed by atoms with Crippen molar-refractivity contribution in [3.63, 3.8) is 0 Å². The molecule has 1 amide bonds. The molecule has 0 heterocycles. The fourth-order valence-electron chi connectivity index (χ4n) is 0.908. The van der Waals surface area contributed by atoms with Crippen LogP contribution >= 0.6 is 0 Å². The number of halogens is 1. The standard InChI is InChI=1S/C7H5FN2O4/c8-4-1-2-5(7(11)9-12)6(3-4)10(13)14/h1-3,12H,(H,9,11). The van der Waals surface area contributed by atoms with Crippen LogP contribution in [0.4, 0.5) is 10.1 Å². The van der Waals surface area contributed by atoms with E-state index in [1.54, 1.807) is 0 Å². The molecular weight excluding hydrogens is 195 g/mol. The Hall–Kier alpha value is -2.02. The monoisotopic (exact) mass is 200 g/mol. The Morgan fingerprint density at radius 2 is 2.21 bits per heavy atom. The van der Waals surface area contributed by atoms with Crippen molar-refractivity contribution in [2.75, 3.05) is 0 Å². The van der Waals surface area contributed by atoms with Crippen molar-refractivity contribution in [1.29, 1.82) is 0 Å². The van der Waals surface area contributed by atoms with Gasteiger partial charge in [0.2, 0.25) is 0 Å². The first-order valence-electron chi connectivity index (χ1n) is 3.44. The van der Waals surface area contributed by atoms with Crippen molar-refractivity contribution in [2.45, 2.75) is 0 Å². The lowest BCUT2D eigenvalue weighted by molar-refractivity contribution is -0.385. The Balaban J connectivity index is 3.28. The third-order valence-electron chi connectivity index (χ3n) is 1.50. The molecule has 0 aliphatic heterocycles. The van der Waals surface area contributed by atoms with E-state index in [9.17, 15) is 19.3 Å². The highest BCUT2D eigenvalue weighted by molar-refractivity contribution is 5.97. The summed E-state index contributed by atoms with van der Waals surface area (Å²) < 4.78 is 12.6. The van der Waals surface area contributed by atoms with E-state index in [4.69, 9.17) is 5.21 Å². The minimum atomic E-state index is -1.06. The number of nitrogens with zero attached hydrogens (tertiary/aromatic N) is 1. The van der Waals surface area contributed by atoms with Gasteiger partial charge in [-0.3, -0.25) is 20.1 Å². The van der Waals surface area contributed by atoms with Gasteiger partial charge in [0, 0.05) is 0 Å². The molecule has 1 aromatic carbocycles. The van der Waals surface area contributed by atoms with Crippen molar-refractivity contribution in [3.8, 4) is 0 Å². The van der Waals surface area contributed by atoms with Gasteiger partial charge in [-0.15, -0.1) is 0 Å². The Morgan fingerprint density at radius 1 is 1.57 bits per heavy atom. The molecule has 0 saturated heterocycles. The number of hydroxylamine groups is 1. The fraction of sp³-hybridized carbons (Fsp3) is 0. The zero-order chi connectivity index (χ0) is 10.7. The highest BCUT2D eigenvalue weighted by Crippen LogP contribution is 2.19. The molecule has 7 heteroatoms. The molecular formula is C7H5FN2O4. The topological polar surface area (TPSA) is 92.5 Å². The molecule has 2 N–H and O–H groups in total. The number of nitro groups is 1. The highest BCUT2D eigenvalue weighted by Gasteiger charge is 2.20. The predicted molar refractivity (Wildman–Crippen MR) is 42.3 cm³/mol. The van der Waals surface area contributed by atoms with Crippen LogP contribution in [0.2, 0.25) is 0 Å². The summed E-state index contributed by atoms with van der Waals surface area (Å²) in [5, 5.41) is 18.6. The number of hydrogen-bond donors (Lipinski definition) is 2. The average molecular weight is 200 g/mol. The van der Waals surface area contributed by atoms with E-state index in [2.05, 4.69) is 0 Å². The summed E-state index contributed by atoms with van der Waals surface area (Å²) in [6, 6.07) is 2.40. The largest absolute Gasteiger partial charge is 0.288 e. The van der Waals surface area contributed by atoms with Crippen molar-refractivity contribution in [3.05, 3.63) is 39.7 Å². The summed E-state index contributed by atoms with van der Waals surface area (Å²) in [7, 11) is 0. The number of carbonyl (C=O) groups excluding carboxylic acids is 1. The lowest BCUT2D eigenvalue weighted by Crippen LogP contribution is -2.19. The number of nitro benzene ring substituents is 1. The highest BCUT2D eigenvalue weighted by atomic mass is 19.1. The molecule has 1 aromatic rings. The van der Waals surface area contributed by atoms with Gasteiger partial charge in [-0.2, -0.15) is 0 Å². The minimum Gasteiger partial charge on any atom is -0.288 e. The molecule has 0 unspecified atom stereocenters. The molecule has 74 valence electrons. The van der Waals surface area contributed by atoms with Crippen LogP contribution in [0.15, 0.2) is 18.2 Å². The number of carbonyl (C=O) groups is 1.